The van der Waals surface area contributed by atoms with Crippen molar-refractivity contribution in [2.24, 2.45) is 0 Å². The molecule has 6 nitrogen and oxygen atoms in total. The largest absolute Gasteiger partial charge is 0.480 e. The Hall–Kier alpha value is -1.47. The van der Waals surface area contributed by atoms with Crippen molar-refractivity contribution in [1.82, 2.24) is 20.6 Å². The highest BCUT2D eigenvalue weighted by molar-refractivity contribution is 9.10. The molecule has 1 aromatic heterocycles. The normalized spacial score (nSPS) is 16.5. The van der Waals surface area contributed by atoms with E-state index in [2.05, 4.69) is 42.6 Å². The van der Waals surface area contributed by atoms with Crippen LogP contribution in [0.4, 0.5) is 0 Å². The number of H-pyrrole nitrogens is 1. The lowest BCUT2D eigenvalue weighted by Gasteiger charge is -2.29. The molecule has 0 saturated heterocycles. The van der Waals surface area contributed by atoms with Gasteiger partial charge in [-0.3, -0.25) is 0 Å². The average Bonchev–Trinajstić information content (AvgIpc) is 2.93. The average molecular weight is 353 g/mol. The highest BCUT2D eigenvalue weighted by Crippen LogP contribution is 2.42. The van der Waals surface area contributed by atoms with Crippen LogP contribution in [0.1, 0.15) is 42.7 Å². The van der Waals surface area contributed by atoms with Crippen molar-refractivity contribution in [3.05, 3.63) is 34.1 Å². The Morgan fingerprint density at radius 2 is 2.29 bits per heavy atom. The van der Waals surface area contributed by atoms with E-state index in [4.69, 9.17) is 9.47 Å². The summed E-state index contributed by atoms with van der Waals surface area (Å²) >= 11 is 3.53. The van der Waals surface area contributed by atoms with E-state index in [1.165, 1.54) is 24.8 Å². The first-order valence-corrected chi connectivity index (χ1v) is 7.76. The van der Waals surface area contributed by atoms with Crippen molar-refractivity contribution in [3.8, 4) is 5.75 Å². The zero-order chi connectivity index (χ0) is 14.7. The molecule has 1 aliphatic carbocycles. The number of tetrazole rings is 1. The second-order valence-corrected chi connectivity index (χ2v) is 6.07. The van der Waals surface area contributed by atoms with Crippen LogP contribution < -0.4 is 4.74 Å². The fraction of sp³-hybridized carbons (Fsp3) is 0.500. The van der Waals surface area contributed by atoms with Crippen LogP contribution in [0.5, 0.6) is 5.75 Å². The van der Waals surface area contributed by atoms with E-state index in [1.54, 1.807) is 7.11 Å². The van der Waals surface area contributed by atoms with Crippen LogP contribution in [-0.4, -0.2) is 34.3 Å². The second kappa shape index (κ2) is 6.53. The molecule has 21 heavy (non-hydrogen) atoms. The van der Waals surface area contributed by atoms with Gasteiger partial charge in [-0.15, -0.1) is 5.10 Å². The summed E-state index contributed by atoms with van der Waals surface area (Å²) in [6.07, 6.45) is 3.37. The number of methoxy groups -OCH3 is 1. The molecular formula is C14H17BrN4O2. The molecule has 1 saturated carbocycles. The van der Waals surface area contributed by atoms with Gasteiger partial charge < -0.3 is 9.47 Å². The Labute approximate surface area is 131 Å². The van der Waals surface area contributed by atoms with Crippen molar-refractivity contribution >= 4 is 15.9 Å². The predicted molar refractivity (Wildman–Crippen MR) is 80.2 cm³/mol. The lowest BCUT2D eigenvalue weighted by atomic mass is 9.80. The number of nitrogens with zero attached hydrogens (tertiary/aromatic N) is 3. The van der Waals surface area contributed by atoms with Gasteiger partial charge in [0.1, 0.15) is 5.75 Å². The number of hydrogen-bond donors (Lipinski definition) is 1. The number of nitrogens with one attached hydrogen (secondary N) is 1. The number of halogens is 1. The highest BCUT2D eigenvalue weighted by atomic mass is 79.9. The number of hydrogen-bond acceptors (Lipinski definition) is 5. The summed E-state index contributed by atoms with van der Waals surface area (Å²) in [6, 6.07) is 6.12. The lowest BCUT2D eigenvalue weighted by molar-refractivity contribution is 0.0743. The summed E-state index contributed by atoms with van der Waals surface area (Å²) in [5.41, 5.74) is 1.24. The lowest BCUT2D eigenvalue weighted by Crippen LogP contribution is -2.18. The third-order valence-corrected chi connectivity index (χ3v) is 4.26. The maximum Gasteiger partial charge on any atom is 0.192 e. The Kier molecular flexibility index (Phi) is 4.50. The van der Waals surface area contributed by atoms with Crippen molar-refractivity contribution in [1.29, 1.82) is 0 Å². The SMILES string of the molecule is COC[C@@H](Oc1ccc(Br)cc1C1CCC1)c1nnn[nH]1. The molecule has 112 valence electrons. The monoisotopic (exact) mass is 352 g/mol. The topological polar surface area (TPSA) is 72.9 Å². The molecule has 1 fully saturated rings. The van der Waals surface area contributed by atoms with Crippen LogP contribution in [0.3, 0.4) is 0 Å². The molecule has 0 radical (unpaired) electrons. The van der Waals surface area contributed by atoms with Gasteiger partial charge in [0.15, 0.2) is 11.9 Å². The third-order valence-electron chi connectivity index (χ3n) is 3.77. The van der Waals surface area contributed by atoms with Crippen LogP contribution in [0.2, 0.25) is 0 Å². The fourth-order valence-corrected chi connectivity index (χ4v) is 2.82. The number of ether oxygens (including phenoxy) is 2. The molecule has 1 atom stereocenters. The molecular weight excluding hydrogens is 336 g/mol. The first kappa shape index (κ1) is 14.5. The summed E-state index contributed by atoms with van der Waals surface area (Å²) in [5.74, 6) is 2.02. The van der Waals surface area contributed by atoms with E-state index in [-0.39, 0.29) is 6.10 Å². The van der Waals surface area contributed by atoms with Crippen LogP contribution in [0.25, 0.3) is 0 Å². The molecule has 3 rings (SSSR count). The van der Waals surface area contributed by atoms with Gasteiger partial charge in [-0.25, -0.2) is 5.10 Å². The van der Waals surface area contributed by atoms with Gasteiger partial charge in [0, 0.05) is 11.6 Å². The molecule has 1 aliphatic rings. The van der Waals surface area contributed by atoms with Crippen LogP contribution >= 0.6 is 15.9 Å². The molecule has 7 heteroatoms. The van der Waals surface area contributed by atoms with Gasteiger partial charge in [0.25, 0.3) is 0 Å². The van der Waals surface area contributed by atoms with Crippen LogP contribution in [0, 0.1) is 0 Å². The van der Waals surface area contributed by atoms with E-state index in [0.717, 1.165) is 10.2 Å². The van der Waals surface area contributed by atoms with E-state index in [9.17, 15) is 0 Å². The van der Waals surface area contributed by atoms with Gasteiger partial charge in [0.2, 0.25) is 0 Å². The quantitative estimate of drug-likeness (QED) is 0.864. The maximum atomic E-state index is 6.12. The Balaban J connectivity index is 1.85. The van der Waals surface area contributed by atoms with Crippen molar-refractivity contribution in [2.75, 3.05) is 13.7 Å². The zero-order valence-electron chi connectivity index (χ0n) is 11.8. The van der Waals surface area contributed by atoms with E-state index < -0.39 is 0 Å². The standard InChI is InChI=1S/C14H17BrN4O2/c1-20-8-13(14-16-18-19-17-14)21-12-6-5-10(15)7-11(12)9-3-2-4-9/h5-7,9,13H,2-4,8H2,1H3,(H,16,17,18,19)/t13-/m1/s1. The van der Waals surface area contributed by atoms with Gasteiger partial charge >= 0.3 is 0 Å². The second-order valence-electron chi connectivity index (χ2n) is 5.16. The number of benzene rings is 1. The molecule has 0 amide bonds. The van der Waals surface area contributed by atoms with E-state index in [0.29, 0.717) is 18.3 Å². The van der Waals surface area contributed by atoms with Crippen molar-refractivity contribution in [3.63, 3.8) is 0 Å². The summed E-state index contributed by atoms with van der Waals surface area (Å²) in [5, 5.41) is 13.9. The molecule has 0 spiro atoms. The first-order chi connectivity index (χ1) is 10.3. The molecule has 1 heterocycles. The molecule has 2 aromatic rings. The minimum Gasteiger partial charge on any atom is -0.480 e. The summed E-state index contributed by atoms with van der Waals surface area (Å²) in [6.45, 7) is 0.386. The molecule has 0 aliphatic heterocycles. The minimum absolute atomic E-state index is 0.343. The highest BCUT2D eigenvalue weighted by Gasteiger charge is 2.25. The first-order valence-electron chi connectivity index (χ1n) is 6.96. The zero-order valence-corrected chi connectivity index (χ0v) is 13.3. The maximum absolute atomic E-state index is 6.12. The molecule has 1 N–H and O–H groups in total. The molecule has 0 unspecified atom stereocenters. The van der Waals surface area contributed by atoms with Gasteiger partial charge in [0.05, 0.1) is 6.61 Å². The van der Waals surface area contributed by atoms with Gasteiger partial charge in [-0.1, -0.05) is 22.4 Å². The van der Waals surface area contributed by atoms with Gasteiger partial charge in [-0.2, -0.15) is 0 Å². The number of aromatic nitrogens is 4. The fourth-order valence-electron chi connectivity index (χ4n) is 2.44. The summed E-state index contributed by atoms with van der Waals surface area (Å²) < 4.78 is 12.4. The van der Waals surface area contributed by atoms with Crippen LogP contribution in [0.15, 0.2) is 22.7 Å². The number of rotatable bonds is 6. The van der Waals surface area contributed by atoms with E-state index >= 15 is 0 Å². The smallest absolute Gasteiger partial charge is 0.192 e. The predicted octanol–water partition coefficient (Wildman–Crippen LogP) is 3.00. The number of aromatic amines is 1. The van der Waals surface area contributed by atoms with Crippen molar-refractivity contribution < 1.29 is 9.47 Å². The van der Waals surface area contributed by atoms with Crippen LogP contribution in [-0.2, 0) is 4.74 Å². The summed E-state index contributed by atoms with van der Waals surface area (Å²) in [7, 11) is 1.63. The third kappa shape index (κ3) is 3.24. The van der Waals surface area contributed by atoms with Gasteiger partial charge in [-0.05, 0) is 52.9 Å². The van der Waals surface area contributed by atoms with E-state index in [1.807, 2.05) is 12.1 Å². The molecule has 1 aromatic carbocycles. The minimum atomic E-state index is -0.343. The van der Waals surface area contributed by atoms with Crippen molar-refractivity contribution in [2.45, 2.75) is 31.3 Å². The molecule has 0 bridgehead atoms. The Morgan fingerprint density at radius 1 is 1.43 bits per heavy atom. The Morgan fingerprint density at radius 3 is 2.90 bits per heavy atom. The summed E-state index contributed by atoms with van der Waals surface area (Å²) in [4.78, 5) is 0. The Bertz CT molecular complexity index is 587.